The summed E-state index contributed by atoms with van der Waals surface area (Å²) in [6.45, 7) is 7.14. The van der Waals surface area contributed by atoms with Crippen LogP contribution in [0.4, 0.5) is 0 Å². The van der Waals surface area contributed by atoms with Crippen molar-refractivity contribution in [2.45, 2.75) is 46.2 Å². The van der Waals surface area contributed by atoms with Crippen LogP contribution in [0.3, 0.4) is 0 Å². The summed E-state index contributed by atoms with van der Waals surface area (Å²) in [6.07, 6.45) is 3.57. The average Bonchev–Trinajstić information content (AvgIpc) is 3.03. The first kappa shape index (κ1) is 15.3. The van der Waals surface area contributed by atoms with Gasteiger partial charge < -0.3 is 9.73 Å². The fourth-order valence-corrected chi connectivity index (χ4v) is 3.02. The third-order valence-electron chi connectivity index (χ3n) is 3.68. The van der Waals surface area contributed by atoms with Gasteiger partial charge in [0.2, 0.25) is 0 Å². The second-order valence-electron chi connectivity index (χ2n) is 4.86. The summed E-state index contributed by atoms with van der Waals surface area (Å²) in [7, 11) is 1.99. The van der Waals surface area contributed by atoms with Crippen molar-refractivity contribution in [1.29, 1.82) is 0 Å². The molecule has 1 unspecified atom stereocenters. The zero-order valence-electron chi connectivity index (χ0n) is 12.5. The van der Waals surface area contributed by atoms with E-state index in [4.69, 9.17) is 4.42 Å². The number of hydrogen-bond donors (Lipinski definition) is 1. The molecule has 20 heavy (non-hydrogen) atoms. The van der Waals surface area contributed by atoms with Crippen LogP contribution in [0, 0.1) is 6.92 Å². The quantitative estimate of drug-likeness (QED) is 0.873. The SMILES string of the molecule is CCc1occc1C(Cc1c(Br)c(C)nn1CC)NC. The Morgan fingerprint density at radius 3 is 2.80 bits per heavy atom. The third kappa shape index (κ3) is 2.83. The highest BCUT2D eigenvalue weighted by atomic mass is 79.9. The fourth-order valence-electron chi connectivity index (χ4n) is 2.57. The van der Waals surface area contributed by atoms with E-state index in [1.54, 1.807) is 6.26 Å². The molecule has 0 amide bonds. The minimum atomic E-state index is 0.237. The highest BCUT2D eigenvalue weighted by molar-refractivity contribution is 9.10. The number of furan rings is 1. The molecule has 5 heteroatoms. The molecular weight excluding hydrogens is 318 g/mol. The van der Waals surface area contributed by atoms with E-state index in [9.17, 15) is 0 Å². The summed E-state index contributed by atoms with van der Waals surface area (Å²) in [5, 5.41) is 7.95. The van der Waals surface area contributed by atoms with Crippen LogP contribution in [0.15, 0.2) is 21.2 Å². The lowest BCUT2D eigenvalue weighted by atomic mass is 10.0. The first-order valence-corrected chi connectivity index (χ1v) is 7.86. The summed E-state index contributed by atoms with van der Waals surface area (Å²) in [5.74, 6) is 1.06. The Labute approximate surface area is 128 Å². The number of rotatable bonds is 6. The Morgan fingerprint density at radius 1 is 1.45 bits per heavy atom. The van der Waals surface area contributed by atoms with Gasteiger partial charge in [-0.15, -0.1) is 0 Å². The van der Waals surface area contributed by atoms with Crippen molar-refractivity contribution in [3.8, 4) is 0 Å². The topological polar surface area (TPSA) is 43.0 Å². The molecule has 0 aliphatic carbocycles. The number of halogens is 1. The smallest absolute Gasteiger partial charge is 0.108 e. The molecule has 0 fully saturated rings. The second kappa shape index (κ2) is 6.59. The van der Waals surface area contributed by atoms with Gasteiger partial charge in [0.1, 0.15) is 5.76 Å². The minimum absolute atomic E-state index is 0.237. The van der Waals surface area contributed by atoms with E-state index in [2.05, 4.69) is 50.9 Å². The van der Waals surface area contributed by atoms with Gasteiger partial charge in [-0.2, -0.15) is 5.10 Å². The van der Waals surface area contributed by atoms with Crippen LogP contribution in [0.1, 0.15) is 42.6 Å². The first-order valence-electron chi connectivity index (χ1n) is 7.07. The van der Waals surface area contributed by atoms with Crippen molar-refractivity contribution in [2.24, 2.45) is 0 Å². The van der Waals surface area contributed by atoms with Crippen molar-refractivity contribution in [2.75, 3.05) is 7.05 Å². The molecule has 0 aromatic carbocycles. The highest BCUT2D eigenvalue weighted by Gasteiger charge is 2.20. The van der Waals surface area contributed by atoms with Gasteiger partial charge in [-0.1, -0.05) is 6.92 Å². The molecule has 0 radical (unpaired) electrons. The van der Waals surface area contributed by atoms with Gasteiger partial charge in [0.15, 0.2) is 0 Å². The Kier molecular flexibility index (Phi) is 5.05. The van der Waals surface area contributed by atoms with Crippen LogP contribution < -0.4 is 5.32 Å². The third-order valence-corrected chi connectivity index (χ3v) is 4.71. The Morgan fingerprint density at radius 2 is 2.20 bits per heavy atom. The van der Waals surface area contributed by atoms with Crippen LogP contribution in [0.5, 0.6) is 0 Å². The number of nitrogens with one attached hydrogen (secondary N) is 1. The summed E-state index contributed by atoms with van der Waals surface area (Å²) in [6, 6.07) is 2.30. The lowest BCUT2D eigenvalue weighted by Crippen LogP contribution is -2.21. The molecule has 0 saturated carbocycles. The predicted molar refractivity (Wildman–Crippen MR) is 83.9 cm³/mol. The Balaban J connectivity index is 2.31. The molecule has 2 aromatic heterocycles. The standard InChI is InChI=1S/C15H22BrN3O/c1-5-14-11(7-8-20-14)12(17-4)9-13-15(16)10(3)18-19(13)6-2/h7-8,12,17H,5-6,9H2,1-4H3. The molecule has 110 valence electrons. The normalized spacial score (nSPS) is 12.8. The van der Waals surface area contributed by atoms with Crippen LogP contribution in [0.25, 0.3) is 0 Å². The highest BCUT2D eigenvalue weighted by Crippen LogP contribution is 2.28. The van der Waals surface area contributed by atoms with Gasteiger partial charge in [-0.3, -0.25) is 4.68 Å². The molecule has 0 saturated heterocycles. The fraction of sp³-hybridized carbons (Fsp3) is 0.533. The zero-order valence-corrected chi connectivity index (χ0v) is 14.1. The van der Waals surface area contributed by atoms with E-state index in [-0.39, 0.29) is 6.04 Å². The van der Waals surface area contributed by atoms with Gasteiger partial charge in [0.25, 0.3) is 0 Å². The number of likely N-dealkylation sites (N-methyl/N-ethyl adjacent to an activating group) is 1. The summed E-state index contributed by atoms with van der Waals surface area (Å²) >= 11 is 3.66. The number of hydrogen-bond acceptors (Lipinski definition) is 3. The number of aryl methyl sites for hydroxylation is 3. The van der Waals surface area contributed by atoms with Gasteiger partial charge in [0, 0.05) is 31.0 Å². The maximum atomic E-state index is 5.55. The van der Waals surface area contributed by atoms with E-state index in [0.717, 1.165) is 35.3 Å². The van der Waals surface area contributed by atoms with Crippen LogP contribution in [-0.2, 0) is 19.4 Å². The van der Waals surface area contributed by atoms with Crippen molar-refractivity contribution >= 4 is 15.9 Å². The predicted octanol–water partition coefficient (Wildman–Crippen LogP) is 3.63. The molecule has 2 aromatic rings. The maximum absolute atomic E-state index is 5.55. The van der Waals surface area contributed by atoms with Crippen molar-refractivity contribution in [3.05, 3.63) is 39.5 Å². The first-order chi connectivity index (χ1) is 9.62. The molecule has 4 nitrogen and oxygen atoms in total. The maximum Gasteiger partial charge on any atom is 0.108 e. The van der Waals surface area contributed by atoms with E-state index in [1.165, 1.54) is 11.3 Å². The van der Waals surface area contributed by atoms with Gasteiger partial charge in [-0.25, -0.2) is 0 Å². The number of nitrogens with zero attached hydrogens (tertiary/aromatic N) is 2. The minimum Gasteiger partial charge on any atom is -0.469 e. The Bertz CT molecular complexity index is 574. The van der Waals surface area contributed by atoms with Gasteiger partial charge in [0.05, 0.1) is 22.1 Å². The zero-order chi connectivity index (χ0) is 14.7. The van der Waals surface area contributed by atoms with Gasteiger partial charge in [-0.05, 0) is 42.9 Å². The van der Waals surface area contributed by atoms with Crippen LogP contribution >= 0.6 is 15.9 Å². The van der Waals surface area contributed by atoms with E-state index in [1.807, 2.05) is 14.0 Å². The molecule has 0 spiro atoms. The molecule has 2 rings (SSSR count). The monoisotopic (exact) mass is 339 g/mol. The summed E-state index contributed by atoms with van der Waals surface area (Å²) < 4.78 is 8.73. The van der Waals surface area contributed by atoms with Crippen molar-refractivity contribution < 1.29 is 4.42 Å². The lowest BCUT2D eigenvalue weighted by molar-refractivity contribution is 0.488. The van der Waals surface area contributed by atoms with Crippen LogP contribution in [0.2, 0.25) is 0 Å². The van der Waals surface area contributed by atoms with E-state index >= 15 is 0 Å². The average molecular weight is 340 g/mol. The summed E-state index contributed by atoms with van der Waals surface area (Å²) in [5.41, 5.74) is 3.51. The molecule has 1 atom stereocenters. The second-order valence-corrected chi connectivity index (χ2v) is 5.65. The Hall–Kier alpha value is -1.07. The molecule has 0 bridgehead atoms. The van der Waals surface area contributed by atoms with Crippen LogP contribution in [-0.4, -0.2) is 16.8 Å². The van der Waals surface area contributed by atoms with Gasteiger partial charge >= 0.3 is 0 Å². The largest absolute Gasteiger partial charge is 0.469 e. The lowest BCUT2D eigenvalue weighted by Gasteiger charge is -2.17. The van der Waals surface area contributed by atoms with Crippen molar-refractivity contribution in [1.82, 2.24) is 15.1 Å². The number of aromatic nitrogens is 2. The molecule has 0 aliphatic rings. The molecule has 0 aliphatic heterocycles. The molecular formula is C15H22BrN3O. The molecule has 2 heterocycles. The summed E-state index contributed by atoms with van der Waals surface area (Å²) in [4.78, 5) is 0. The van der Waals surface area contributed by atoms with Crippen molar-refractivity contribution in [3.63, 3.8) is 0 Å². The van der Waals surface area contributed by atoms with E-state index < -0.39 is 0 Å². The molecule has 1 N–H and O–H groups in total. The van der Waals surface area contributed by atoms with E-state index in [0.29, 0.717) is 0 Å².